The molecule has 3 rings (SSSR count). The minimum atomic E-state index is 0.353. The zero-order valence-corrected chi connectivity index (χ0v) is 10.7. The van der Waals surface area contributed by atoms with Crippen molar-refractivity contribution in [3.63, 3.8) is 0 Å². The topological polar surface area (TPSA) is 73.1 Å². The van der Waals surface area contributed by atoms with Crippen molar-refractivity contribution in [2.45, 2.75) is 44.8 Å². The van der Waals surface area contributed by atoms with Gasteiger partial charge in [0.2, 0.25) is 0 Å². The molecule has 5 heteroatoms. The summed E-state index contributed by atoms with van der Waals surface area (Å²) in [7, 11) is 0. The van der Waals surface area contributed by atoms with Gasteiger partial charge in [-0.05, 0) is 25.2 Å². The Morgan fingerprint density at radius 2 is 2.22 bits per heavy atom. The number of nitrogen functional groups attached to an aromatic ring is 1. The maximum Gasteiger partial charge on any atom is 0.132 e. The first-order valence-electron chi connectivity index (χ1n) is 6.78. The summed E-state index contributed by atoms with van der Waals surface area (Å²) in [4.78, 5) is 8.66. The Labute approximate surface area is 107 Å². The highest BCUT2D eigenvalue weighted by Crippen LogP contribution is 2.39. The average Bonchev–Trinajstić information content (AvgIpc) is 3.10. The highest BCUT2D eigenvalue weighted by Gasteiger charge is 2.40. The Balaban J connectivity index is 1.73. The number of rotatable bonds is 4. The summed E-state index contributed by atoms with van der Waals surface area (Å²) in [6.45, 7) is 2.88. The predicted molar refractivity (Wildman–Crippen MR) is 70.3 cm³/mol. The standard InChI is InChI=1S/C13H20N4O/c1-2-11-16-10(14)7-12(17-11)15-9-5-6-18-13(9)8-3-4-8/h7-9,13H,2-6H2,1H3,(H3,14,15,16,17). The second-order valence-electron chi connectivity index (χ2n) is 5.16. The van der Waals surface area contributed by atoms with Crippen molar-refractivity contribution >= 4 is 11.6 Å². The Hall–Kier alpha value is -1.36. The first-order chi connectivity index (χ1) is 8.76. The average molecular weight is 248 g/mol. The third kappa shape index (κ3) is 2.41. The fourth-order valence-electron chi connectivity index (χ4n) is 2.59. The van der Waals surface area contributed by atoms with Crippen LogP contribution in [0.3, 0.4) is 0 Å². The van der Waals surface area contributed by atoms with E-state index in [1.54, 1.807) is 6.07 Å². The lowest BCUT2D eigenvalue weighted by Crippen LogP contribution is -2.31. The molecule has 1 saturated heterocycles. The molecule has 5 nitrogen and oxygen atoms in total. The summed E-state index contributed by atoms with van der Waals surface area (Å²) in [5.74, 6) is 2.90. The fraction of sp³-hybridized carbons (Fsp3) is 0.692. The molecule has 0 amide bonds. The van der Waals surface area contributed by atoms with Crippen LogP contribution in [0.5, 0.6) is 0 Å². The molecule has 1 aliphatic heterocycles. The van der Waals surface area contributed by atoms with Gasteiger partial charge in [0, 0.05) is 19.1 Å². The third-order valence-corrected chi connectivity index (χ3v) is 3.66. The molecule has 2 atom stereocenters. The first-order valence-corrected chi connectivity index (χ1v) is 6.78. The van der Waals surface area contributed by atoms with Crippen LogP contribution in [0, 0.1) is 5.92 Å². The highest BCUT2D eigenvalue weighted by atomic mass is 16.5. The van der Waals surface area contributed by atoms with E-state index >= 15 is 0 Å². The lowest BCUT2D eigenvalue weighted by Gasteiger charge is -2.20. The largest absolute Gasteiger partial charge is 0.384 e. The summed E-state index contributed by atoms with van der Waals surface area (Å²) >= 11 is 0. The molecule has 2 fully saturated rings. The van der Waals surface area contributed by atoms with E-state index in [4.69, 9.17) is 10.5 Å². The van der Waals surface area contributed by atoms with Crippen molar-refractivity contribution in [2.75, 3.05) is 17.7 Å². The minimum absolute atomic E-state index is 0.353. The molecule has 0 aromatic carbocycles. The predicted octanol–water partition coefficient (Wildman–Crippen LogP) is 1.60. The second-order valence-corrected chi connectivity index (χ2v) is 5.16. The van der Waals surface area contributed by atoms with E-state index in [0.717, 1.165) is 37.0 Å². The van der Waals surface area contributed by atoms with Crippen LogP contribution >= 0.6 is 0 Å². The molecule has 1 saturated carbocycles. The van der Waals surface area contributed by atoms with E-state index in [1.165, 1.54) is 12.8 Å². The molecule has 2 aliphatic rings. The number of hydrogen-bond donors (Lipinski definition) is 2. The number of nitrogens with two attached hydrogens (primary N) is 1. The Morgan fingerprint density at radius 3 is 2.94 bits per heavy atom. The van der Waals surface area contributed by atoms with Crippen molar-refractivity contribution in [1.82, 2.24) is 9.97 Å². The van der Waals surface area contributed by atoms with E-state index in [-0.39, 0.29) is 0 Å². The van der Waals surface area contributed by atoms with Crippen LogP contribution < -0.4 is 11.1 Å². The zero-order valence-electron chi connectivity index (χ0n) is 10.7. The molecule has 1 aliphatic carbocycles. The molecule has 2 heterocycles. The number of nitrogens with one attached hydrogen (secondary N) is 1. The van der Waals surface area contributed by atoms with E-state index < -0.39 is 0 Å². The molecule has 18 heavy (non-hydrogen) atoms. The third-order valence-electron chi connectivity index (χ3n) is 3.66. The summed E-state index contributed by atoms with van der Waals surface area (Å²) < 4.78 is 5.81. The number of hydrogen-bond acceptors (Lipinski definition) is 5. The highest BCUT2D eigenvalue weighted by molar-refractivity contribution is 5.45. The molecular weight excluding hydrogens is 228 g/mol. The lowest BCUT2D eigenvalue weighted by molar-refractivity contribution is 0.0898. The van der Waals surface area contributed by atoms with E-state index in [1.807, 2.05) is 6.92 Å². The van der Waals surface area contributed by atoms with Gasteiger partial charge in [-0.2, -0.15) is 0 Å². The van der Waals surface area contributed by atoms with Gasteiger partial charge >= 0.3 is 0 Å². The van der Waals surface area contributed by atoms with Crippen molar-refractivity contribution in [1.29, 1.82) is 0 Å². The lowest BCUT2D eigenvalue weighted by atomic mass is 10.1. The number of anilines is 2. The van der Waals surface area contributed by atoms with Gasteiger partial charge < -0.3 is 15.8 Å². The van der Waals surface area contributed by atoms with Crippen LogP contribution in [0.15, 0.2) is 6.07 Å². The zero-order chi connectivity index (χ0) is 12.5. The summed E-state index contributed by atoms with van der Waals surface area (Å²) in [6, 6.07) is 2.18. The van der Waals surface area contributed by atoms with Crippen molar-refractivity contribution in [3.05, 3.63) is 11.9 Å². The fourth-order valence-corrected chi connectivity index (χ4v) is 2.59. The summed E-state index contributed by atoms with van der Waals surface area (Å²) in [5, 5.41) is 3.47. The molecule has 2 unspecified atom stereocenters. The summed E-state index contributed by atoms with van der Waals surface area (Å²) in [5.41, 5.74) is 5.79. The Morgan fingerprint density at radius 1 is 1.39 bits per heavy atom. The maximum atomic E-state index is 5.81. The molecule has 0 bridgehead atoms. The van der Waals surface area contributed by atoms with E-state index in [2.05, 4.69) is 15.3 Å². The minimum Gasteiger partial charge on any atom is -0.384 e. The van der Waals surface area contributed by atoms with Gasteiger partial charge in [0.1, 0.15) is 17.5 Å². The van der Waals surface area contributed by atoms with Gasteiger partial charge in [-0.15, -0.1) is 0 Å². The molecule has 0 radical (unpaired) electrons. The summed E-state index contributed by atoms with van der Waals surface area (Å²) in [6.07, 6.45) is 4.80. The Kier molecular flexibility index (Phi) is 3.07. The quantitative estimate of drug-likeness (QED) is 0.846. The molecule has 3 N–H and O–H groups in total. The van der Waals surface area contributed by atoms with Crippen LogP contribution in [0.2, 0.25) is 0 Å². The molecule has 1 aromatic rings. The Bertz CT molecular complexity index is 433. The van der Waals surface area contributed by atoms with Gasteiger partial charge in [-0.1, -0.05) is 6.92 Å². The smallest absolute Gasteiger partial charge is 0.132 e. The van der Waals surface area contributed by atoms with Gasteiger partial charge in [0.15, 0.2) is 0 Å². The molecule has 1 aromatic heterocycles. The number of aromatic nitrogens is 2. The molecule has 0 spiro atoms. The number of ether oxygens (including phenoxy) is 1. The van der Waals surface area contributed by atoms with Gasteiger partial charge in [-0.3, -0.25) is 0 Å². The van der Waals surface area contributed by atoms with Crippen LogP contribution in [0.25, 0.3) is 0 Å². The van der Waals surface area contributed by atoms with Crippen molar-refractivity contribution < 1.29 is 4.74 Å². The number of aryl methyl sites for hydroxylation is 1. The monoisotopic (exact) mass is 248 g/mol. The normalized spacial score (nSPS) is 27.4. The molecular formula is C13H20N4O. The van der Waals surface area contributed by atoms with Crippen LogP contribution in [-0.4, -0.2) is 28.7 Å². The van der Waals surface area contributed by atoms with E-state index in [0.29, 0.717) is 18.0 Å². The van der Waals surface area contributed by atoms with Crippen molar-refractivity contribution in [3.8, 4) is 0 Å². The van der Waals surface area contributed by atoms with Gasteiger partial charge in [0.25, 0.3) is 0 Å². The maximum absolute atomic E-state index is 5.81. The van der Waals surface area contributed by atoms with Crippen LogP contribution in [-0.2, 0) is 11.2 Å². The molecule has 98 valence electrons. The SMILES string of the molecule is CCc1nc(N)cc(NC2CCOC2C2CC2)n1. The van der Waals surface area contributed by atoms with Crippen LogP contribution in [0.1, 0.15) is 32.0 Å². The van der Waals surface area contributed by atoms with Gasteiger partial charge in [0.05, 0.1) is 12.1 Å². The number of nitrogens with zero attached hydrogens (tertiary/aromatic N) is 2. The first kappa shape index (κ1) is 11.7. The van der Waals surface area contributed by atoms with E-state index in [9.17, 15) is 0 Å². The van der Waals surface area contributed by atoms with Gasteiger partial charge in [-0.25, -0.2) is 9.97 Å². The van der Waals surface area contributed by atoms with Crippen molar-refractivity contribution in [2.24, 2.45) is 5.92 Å². The van der Waals surface area contributed by atoms with Crippen LogP contribution in [0.4, 0.5) is 11.6 Å². The second kappa shape index (κ2) is 4.72.